The van der Waals surface area contributed by atoms with Crippen LogP contribution in [0.5, 0.6) is 5.75 Å². The fraction of sp³-hybridized carbons (Fsp3) is 0.458. The van der Waals surface area contributed by atoms with Crippen molar-refractivity contribution >= 4 is 21.6 Å². The van der Waals surface area contributed by atoms with E-state index in [2.05, 4.69) is 34.5 Å². The zero-order valence-corrected chi connectivity index (χ0v) is 19.9. The van der Waals surface area contributed by atoms with E-state index in [4.69, 9.17) is 4.74 Å². The van der Waals surface area contributed by atoms with Crippen molar-refractivity contribution in [3.8, 4) is 5.75 Å². The summed E-state index contributed by atoms with van der Waals surface area (Å²) in [5.74, 6) is 0.292. The van der Waals surface area contributed by atoms with E-state index < -0.39 is 16.1 Å². The molecule has 3 rings (SSSR count). The van der Waals surface area contributed by atoms with Gasteiger partial charge in [-0.2, -0.15) is 0 Å². The van der Waals surface area contributed by atoms with Crippen LogP contribution in [0.1, 0.15) is 37.3 Å². The Morgan fingerprint density at radius 1 is 1.03 bits per heavy atom. The second kappa shape index (κ2) is 10.8. The van der Waals surface area contributed by atoms with Crippen LogP contribution in [0.4, 0.5) is 5.69 Å². The topological polar surface area (TPSA) is 78.9 Å². The fourth-order valence-electron chi connectivity index (χ4n) is 3.65. The molecule has 1 saturated heterocycles. The Kier molecular flexibility index (Phi) is 8.15. The molecule has 0 saturated carbocycles. The number of piperidine rings is 1. The predicted octanol–water partition coefficient (Wildman–Crippen LogP) is 3.15. The molecule has 1 atom stereocenters. The van der Waals surface area contributed by atoms with Crippen LogP contribution >= 0.6 is 0 Å². The molecule has 0 radical (unpaired) electrons. The number of rotatable bonds is 9. The van der Waals surface area contributed by atoms with Gasteiger partial charge in [0.15, 0.2) is 6.10 Å². The number of hydrogen-bond acceptors (Lipinski definition) is 5. The highest BCUT2D eigenvalue weighted by molar-refractivity contribution is 7.92. The van der Waals surface area contributed by atoms with Crippen molar-refractivity contribution in [3.05, 3.63) is 59.7 Å². The third-order valence-electron chi connectivity index (χ3n) is 5.72. The zero-order valence-electron chi connectivity index (χ0n) is 19.1. The average Bonchev–Trinajstić information content (AvgIpc) is 2.78. The molecule has 1 fully saturated rings. The largest absolute Gasteiger partial charge is 0.481 e. The first-order valence-electron chi connectivity index (χ1n) is 11.0. The summed E-state index contributed by atoms with van der Waals surface area (Å²) in [5.41, 5.74) is 2.87. The molecule has 32 heavy (non-hydrogen) atoms. The number of amides is 1. The van der Waals surface area contributed by atoms with Crippen LogP contribution in [0.15, 0.2) is 48.5 Å². The Balaban J connectivity index is 1.46. The summed E-state index contributed by atoms with van der Waals surface area (Å²) in [6.07, 6.45) is 4.38. The van der Waals surface area contributed by atoms with Crippen LogP contribution < -0.4 is 14.4 Å². The summed E-state index contributed by atoms with van der Waals surface area (Å²) in [4.78, 5) is 14.9. The Labute approximate surface area is 191 Å². The number of carbonyl (C=O) groups excluding carboxylic acids is 1. The molecule has 0 spiro atoms. The van der Waals surface area contributed by atoms with Gasteiger partial charge in [-0.3, -0.25) is 14.0 Å². The van der Waals surface area contributed by atoms with Gasteiger partial charge in [0.2, 0.25) is 10.0 Å². The lowest BCUT2D eigenvalue weighted by atomic mass is 10.1. The Hall–Kier alpha value is -2.58. The van der Waals surface area contributed by atoms with Gasteiger partial charge < -0.3 is 10.1 Å². The SMILES string of the molecule is C[C@H](Oc1ccc(N(C)S(C)(=O)=O)cc1)C(=O)NCc1ccc(CN2CCCCC2)cc1. The van der Waals surface area contributed by atoms with Gasteiger partial charge in [0.25, 0.3) is 5.91 Å². The molecule has 0 aromatic heterocycles. The quantitative estimate of drug-likeness (QED) is 0.623. The van der Waals surface area contributed by atoms with E-state index >= 15 is 0 Å². The average molecular weight is 460 g/mol. The second-order valence-corrected chi connectivity index (χ2v) is 10.4. The molecular weight excluding hydrogens is 426 g/mol. The molecule has 0 aliphatic carbocycles. The first-order chi connectivity index (χ1) is 15.2. The first kappa shape index (κ1) is 24.1. The summed E-state index contributed by atoms with van der Waals surface area (Å²) in [5, 5.41) is 2.91. The minimum Gasteiger partial charge on any atom is -0.481 e. The highest BCUT2D eigenvalue weighted by Gasteiger charge is 2.16. The van der Waals surface area contributed by atoms with Crippen molar-refractivity contribution in [2.75, 3.05) is 30.7 Å². The summed E-state index contributed by atoms with van der Waals surface area (Å²) in [6.45, 7) is 5.46. The second-order valence-electron chi connectivity index (χ2n) is 8.36. The number of carbonyl (C=O) groups is 1. The van der Waals surface area contributed by atoms with E-state index in [0.29, 0.717) is 18.0 Å². The maximum Gasteiger partial charge on any atom is 0.261 e. The third-order valence-corrected chi connectivity index (χ3v) is 6.93. The van der Waals surface area contributed by atoms with Crippen LogP contribution in [0, 0.1) is 0 Å². The molecule has 0 unspecified atom stereocenters. The summed E-state index contributed by atoms with van der Waals surface area (Å²) < 4.78 is 30.1. The zero-order chi connectivity index (χ0) is 23.1. The molecule has 2 aromatic carbocycles. The van der Waals surface area contributed by atoms with Gasteiger partial charge in [-0.25, -0.2) is 8.42 Å². The van der Waals surface area contributed by atoms with Gasteiger partial charge in [0, 0.05) is 20.1 Å². The Bertz CT molecular complexity index is 985. The van der Waals surface area contributed by atoms with Gasteiger partial charge in [-0.15, -0.1) is 0 Å². The summed E-state index contributed by atoms with van der Waals surface area (Å²) in [7, 11) is -1.84. The lowest BCUT2D eigenvalue weighted by Gasteiger charge is -2.26. The summed E-state index contributed by atoms with van der Waals surface area (Å²) >= 11 is 0. The van der Waals surface area contributed by atoms with Gasteiger partial charge >= 0.3 is 0 Å². The molecule has 1 heterocycles. The van der Waals surface area contributed by atoms with Gasteiger partial charge in [-0.1, -0.05) is 30.7 Å². The molecule has 0 bridgehead atoms. The highest BCUT2D eigenvalue weighted by atomic mass is 32.2. The molecule has 1 aliphatic heterocycles. The number of nitrogens with zero attached hydrogens (tertiary/aromatic N) is 2. The van der Waals surface area contributed by atoms with E-state index in [1.165, 1.54) is 49.3 Å². The molecular formula is C24H33N3O4S. The number of hydrogen-bond donors (Lipinski definition) is 1. The maximum atomic E-state index is 12.4. The number of benzene rings is 2. The number of likely N-dealkylation sites (tertiary alicyclic amines) is 1. The molecule has 174 valence electrons. The highest BCUT2D eigenvalue weighted by Crippen LogP contribution is 2.21. The van der Waals surface area contributed by atoms with Crippen molar-refractivity contribution in [3.63, 3.8) is 0 Å². The molecule has 7 nitrogen and oxygen atoms in total. The van der Waals surface area contributed by atoms with Gasteiger partial charge in [0.05, 0.1) is 11.9 Å². The Morgan fingerprint density at radius 2 is 1.62 bits per heavy atom. The first-order valence-corrected chi connectivity index (χ1v) is 12.9. The lowest BCUT2D eigenvalue weighted by Crippen LogP contribution is -2.35. The van der Waals surface area contributed by atoms with Crippen molar-refractivity contribution in [1.29, 1.82) is 0 Å². The third kappa shape index (κ3) is 6.97. The molecule has 8 heteroatoms. The minimum atomic E-state index is -3.32. The van der Waals surface area contributed by atoms with Crippen molar-refractivity contribution in [1.82, 2.24) is 10.2 Å². The van der Waals surface area contributed by atoms with E-state index in [0.717, 1.165) is 18.4 Å². The number of ether oxygens (including phenoxy) is 1. The molecule has 1 aliphatic rings. The summed E-state index contributed by atoms with van der Waals surface area (Å²) in [6, 6.07) is 15.0. The predicted molar refractivity (Wildman–Crippen MR) is 127 cm³/mol. The maximum absolute atomic E-state index is 12.4. The Morgan fingerprint density at radius 3 is 2.22 bits per heavy atom. The van der Waals surface area contributed by atoms with Crippen LogP contribution in [-0.2, 0) is 27.9 Å². The van der Waals surface area contributed by atoms with E-state index in [1.54, 1.807) is 31.2 Å². The van der Waals surface area contributed by atoms with Crippen molar-refractivity contribution in [2.45, 2.75) is 45.4 Å². The monoisotopic (exact) mass is 459 g/mol. The van der Waals surface area contributed by atoms with Gasteiger partial charge in [0.1, 0.15) is 5.75 Å². The number of anilines is 1. The van der Waals surface area contributed by atoms with Crippen molar-refractivity contribution < 1.29 is 17.9 Å². The van der Waals surface area contributed by atoms with Crippen LogP contribution in [0.3, 0.4) is 0 Å². The lowest BCUT2D eigenvalue weighted by molar-refractivity contribution is -0.127. The van der Waals surface area contributed by atoms with Gasteiger partial charge in [-0.05, 0) is 68.2 Å². The van der Waals surface area contributed by atoms with E-state index in [1.807, 2.05) is 0 Å². The van der Waals surface area contributed by atoms with Crippen LogP contribution in [0.2, 0.25) is 0 Å². The molecule has 1 amide bonds. The minimum absolute atomic E-state index is 0.209. The normalized spacial score (nSPS) is 15.7. The molecule has 1 N–H and O–H groups in total. The van der Waals surface area contributed by atoms with E-state index in [9.17, 15) is 13.2 Å². The fourth-order valence-corrected chi connectivity index (χ4v) is 4.16. The van der Waals surface area contributed by atoms with Crippen molar-refractivity contribution in [2.24, 2.45) is 0 Å². The van der Waals surface area contributed by atoms with Crippen LogP contribution in [-0.4, -0.2) is 51.7 Å². The number of nitrogens with one attached hydrogen (secondary N) is 1. The van der Waals surface area contributed by atoms with Crippen LogP contribution in [0.25, 0.3) is 0 Å². The smallest absolute Gasteiger partial charge is 0.261 e. The number of sulfonamides is 1. The standard InChI is InChI=1S/C24H33N3O4S/c1-19(31-23-13-11-22(12-14-23)26(2)32(3,29)30)24(28)25-17-20-7-9-21(10-8-20)18-27-15-5-4-6-16-27/h7-14,19H,4-6,15-18H2,1-3H3,(H,25,28)/t19-/m0/s1. The van der Waals surface area contributed by atoms with E-state index in [-0.39, 0.29) is 5.91 Å². The molecule has 2 aromatic rings.